The van der Waals surface area contributed by atoms with Crippen LogP contribution in [0, 0.1) is 10.1 Å². The van der Waals surface area contributed by atoms with E-state index in [0.717, 1.165) is 31.6 Å². The van der Waals surface area contributed by atoms with E-state index in [-0.39, 0.29) is 11.9 Å². The van der Waals surface area contributed by atoms with Gasteiger partial charge in [0, 0.05) is 25.2 Å². The highest BCUT2D eigenvalue weighted by molar-refractivity contribution is 6.45. The summed E-state index contributed by atoms with van der Waals surface area (Å²) < 4.78 is 0. The van der Waals surface area contributed by atoms with E-state index in [1.54, 1.807) is 19.1 Å². The van der Waals surface area contributed by atoms with Crippen LogP contribution in [0.2, 0.25) is 6.82 Å². The number of hydrogen-bond donors (Lipinski definition) is 1. The second-order valence-electron chi connectivity index (χ2n) is 5.17. The van der Waals surface area contributed by atoms with Gasteiger partial charge in [-0.05, 0) is 42.7 Å². The summed E-state index contributed by atoms with van der Waals surface area (Å²) in [6.45, 7) is 3.46. The number of piperidine rings is 1. The van der Waals surface area contributed by atoms with Crippen LogP contribution in [0.15, 0.2) is 18.3 Å². The molecular formula is C12H19BN4O3. The molecule has 1 aromatic heterocycles. The average molecular weight is 278 g/mol. The number of likely N-dealkylation sites (N-methyl/N-ethyl adjacent to an activating group) is 1. The van der Waals surface area contributed by atoms with Crippen molar-refractivity contribution in [2.24, 2.45) is 0 Å². The predicted molar refractivity (Wildman–Crippen MR) is 77.7 cm³/mol. The van der Waals surface area contributed by atoms with Crippen LogP contribution in [0.25, 0.3) is 0 Å². The van der Waals surface area contributed by atoms with E-state index in [9.17, 15) is 15.1 Å². The maximum atomic E-state index is 10.6. The molecule has 108 valence electrons. The Morgan fingerprint density at radius 3 is 2.90 bits per heavy atom. The van der Waals surface area contributed by atoms with Gasteiger partial charge < -0.3 is 24.8 Å². The lowest BCUT2D eigenvalue weighted by Crippen LogP contribution is -2.51. The molecule has 1 N–H and O–H groups in total. The fraction of sp³-hybridized carbons (Fsp3) is 0.583. The first-order valence-electron chi connectivity index (χ1n) is 6.74. The van der Waals surface area contributed by atoms with Crippen molar-refractivity contribution in [2.45, 2.75) is 25.7 Å². The van der Waals surface area contributed by atoms with E-state index in [1.165, 1.54) is 6.07 Å². The van der Waals surface area contributed by atoms with Crippen molar-refractivity contribution in [1.82, 2.24) is 9.79 Å². The topological polar surface area (TPSA) is 82.7 Å². The van der Waals surface area contributed by atoms with E-state index in [4.69, 9.17) is 0 Å². The van der Waals surface area contributed by atoms with Crippen molar-refractivity contribution in [3.05, 3.63) is 28.4 Å². The molecule has 8 heteroatoms. The van der Waals surface area contributed by atoms with E-state index in [2.05, 4.69) is 9.88 Å². The van der Waals surface area contributed by atoms with Crippen LogP contribution < -0.4 is 4.90 Å². The maximum Gasteiger partial charge on any atom is 0.376 e. The normalized spacial score (nSPS) is 19.2. The van der Waals surface area contributed by atoms with Crippen molar-refractivity contribution in [3.63, 3.8) is 0 Å². The summed E-state index contributed by atoms with van der Waals surface area (Å²) >= 11 is 0. The minimum atomic E-state index is -0.496. The Hall–Kier alpha value is -1.67. The molecule has 0 aliphatic carbocycles. The number of aromatic nitrogens is 1. The van der Waals surface area contributed by atoms with Gasteiger partial charge in [-0.25, -0.2) is 0 Å². The lowest BCUT2D eigenvalue weighted by molar-refractivity contribution is -0.389. The Morgan fingerprint density at radius 2 is 2.35 bits per heavy atom. The third-order valence-electron chi connectivity index (χ3n) is 3.85. The van der Waals surface area contributed by atoms with Gasteiger partial charge in [0.25, 0.3) is 0 Å². The largest absolute Gasteiger partial charge is 0.437 e. The predicted octanol–water partition coefficient (Wildman–Crippen LogP) is 1.00. The van der Waals surface area contributed by atoms with Gasteiger partial charge in [-0.3, -0.25) is 0 Å². The summed E-state index contributed by atoms with van der Waals surface area (Å²) in [5.74, 6) is -0.136. The lowest BCUT2D eigenvalue weighted by atomic mass is 9.82. The number of nitrogens with zero attached hydrogens (tertiary/aromatic N) is 4. The number of hydrogen-bond acceptors (Lipinski definition) is 6. The quantitative estimate of drug-likeness (QED) is 0.502. The van der Waals surface area contributed by atoms with Gasteiger partial charge in [0.15, 0.2) is 6.20 Å². The van der Waals surface area contributed by atoms with Crippen molar-refractivity contribution in [3.8, 4) is 0 Å². The van der Waals surface area contributed by atoms with E-state index in [0.29, 0.717) is 0 Å². The highest BCUT2D eigenvalue weighted by Gasteiger charge is 2.27. The Morgan fingerprint density at radius 1 is 1.60 bits per heavy atom. The molecule has 1 atom stereocenters. The molecule has 1 saturated heterocycles. The Labute approximate surface area is 118 Å². The molecule has 7 nitrogen and oxygen atoms in total. The second kappa shape index (κ2) is 6.19. The van der Waals surface area contributed by atoms with Gasteiger partial charge in [-0.1, -0.05) is 0 Å². The molecule has 0 unspecified atom stereocenters. The van der Waals surface area contributed by atoms with Crippen LogP contribution in [0.3, 0.4) is 0 Å². The summed E-state index contributed by atoms with van der Waals surface area (Å²) in [4.78, 5) is 18.1. The van der Waals surface area contributed by atoms with Gasteiger partial charge in [-0.15, -0.1) is 0 Å². The molecule has 0 bridgehead atoms. The number of rotatable bonds is 4. The fourth-order valence-electron chi connectivity index (χ4n) is 2.50. The molecule has 1 aliphatic heterocycles. The molecule has 0 amide bonds. The fourth-order valence-corrected chi connectivity index (χ4v) is 2.50. The molecule has 0 aromatic carbocycles. The number of anilines is 1. The highest BCUT2D eigenvalue weighted by atomic mass is 16.6. The first-order valence-corrected chi connectivity index (χ1v) is 6.74. The van der Waals surface area contributed by atoms with Gasteiger partial charge >= 0.3 is 12.9 Å². The molecule has 0 saturated carbocycles. The van der Waals surface area contributed by atoms with Crippen molar-refractivity contribution in [2.75, 3.05) is 25.0 Å². The third kappa shape index (κ3) is 3.26. The van der Waals surface area contributed by atoms with Gasteiger partial charge in [0.2, 0.25) is 0 Å². The summed E-state index contributed by atoms with van der Waals surface area (Å²) in [7, 11) is 1.43. The first-order chi connectivity index (χ1) is 9.49. The van der Waals surface area contributed by atoms with Crippen molar-refractivity contribution in [1.29, 1.82) is 0 Å². The molecule has 1 aromatic rings. The number of nitro groups is 1. The first kappa shape index (κ1) is 14.7. The lowest BCUT2D eigenvalue weighted by Gasteiger charge is -2.38. The van der Waals surface area contributed by atoms with Crippen LogP contribution in [0.1, 0.15) is 12.8 Å². The standard InChI is InChI=1S/C12H19BN4O3/c1-13(18)15(2)11-4-3-7-16(9-11)10-5-6-12(14-8-10)17(19)20/h5-6,8,11,18H,3-4,7,9H2,1-2H3/t11-/m1/s1. The maximum absolute atomic E-state index is 10.6. The van der Waals surface area contributed by atoms with E-state index < -0.39 is 12.0 Å². The molecule has 1 aliphatic rings. The second-order valence-corrected chi connectivity index (χ2v) is 5.17. The monoisotopic (exact) mass is 278 g/mol. The molecule has 20 heavy (non-hydrogen) atoms. The smallest absolute Gasteiger partial charge is 0.376 e. The van der Waals surface area contributed by atoms with Crippen LogP contribution in [-0.4, -0.2) is 53.0 Å². The zero-order valence-electron chi connectivity index (χ0n) is 11.8. The van der Waals surface area contributed by atoms with Crippen LogP contribution in [-0.2, 0) is 0 Å². The van der Waals surface area contributed by atoms with Crippen LogP contribution in [0.5, 0.6) is 0 Å². The molecule has 1 fully saturated rings. The molecule has 0 spiro atoms. The van der Waals surface area contributed by atoms with E-state index in [1.807, 2.05) is 11.9 Å². The van der Waals surface area contributed by atoms with Gasteiger partial charge in [0.05, 0.1) is 5.69 Å². The molecule has 0 radical (unpaired) electrons. The summed E-state index contributed by atoms with van der Waals surface area (Å²) in [5, 5.41) is 20.2. The third-order valence-corrected chi connectivity index (χ3v) is 3.85. The Bertz CT molecular complexity index is 468. The molecular weight excluding hydrogens is 259 g/mol. The van der Waals surface area contributed by atoms with Crippen molar-refractivity contribution >= 4 is 18.6 Å². The minimum Gasteiger partial charge on any atom is -0.437 e. The molecule has 2 heterocycles. The van der Waals surface area contributed by atoms with Gasteiger partial charge in [-0.2, -0.15) is 0 Å². The summed E-state index contributed by atoms with van der Waals surface area (Å²) in [6, 6.07) is 3.44. The average Bonchev–Trinajstić information content (AvgIpc) is 2.46. The summed E-state index contributed by atoms with van der Waals surface area (Å²) in [5.41, 5.74) is 0.888. The zero-order chi connectivity index (χ0) is 14.7. The highest BCUT2D eigenvalue weighted by Crippen LogP contribution is 2.23. The number of pyridine rings is 1. The Kier molecular flexibility index (Phi) is 4.56. The van der Waals surface area contributed by atoms with Crippen molar-refractivity contribution < 1.29 is 9.95 Å². The van der Waals surface area contributed by atoms with Crippen LogP contribution >= 0.6 is 0 Å². The van der Waals surface area contributed by atoms with E-state index >= 15 is 0 Å². The SMILES string of the molecule is CB(O)N(C)[C@@H]1CCCN(c2ccc([N+](=O)[O-])nc2)C1. The summed E-state index contributed by atoms with van der Waals surface area (Å²) in [6.07, 6.45) is 3.61. The van der Waals surface area contributed by atoms with Gasteiger partial charge in [0.1, 0.15) is 0 Å². The Balaban J connectivity index is 2.06. The minimum absolute atomic E-state index is 0.136. The zero-order valence-corrected chi connectivity index (χ0v) is 11.8. The van der Waals surface area contributed by atoms with Crippen LogP contribution in [0.4, 0.5) is 11.5 Å². The molecule has 2 rings (SSSR count).